The molecule has 35 heavy (non-hydrogen) atoms. The number of carbonyl (C=O) groups excluding carboxylic acids is 1. The van der Waals surface area contributed by atoms with Gasteiger partial charge in [-0.25, -0.2) is 4.79 Å². The second-order valence-electron chi connectivity index (χ2n) is 10.4. The number of nitrogens with zero attached hydrogens (tertiary/aromatic N) is 4. The van der Waals surface area contributed by atoms with Crippen molar-refractivity contribution in [2.45, 2.75) is 64.5 Å². The summed E-state index contributed by atoms with van der Waals surface area (Å²) >= 11 is 0. The van der Waals surface area contributed by atoms with Crippen molar-refractivity contribution in [3.63, 3.8) is 0 Å². The third-order valence-corrected chi connectivity index (χ3v) is 8.28. The van der Waals surface area contributed by atoms with Crippen LogP contribution in [0.1, 0.15) is 56.6 Å². The van der Waals surface area contributed by atoms with Crippen molar-refractivity contribution in [1.29, 1.82) is 0 Å². The molecule has 8 heteroatoms. The maximum Gasteiger partial charge on any atom is 0.409 e. The second-order valence-corrected chi connectivity index (χ2v) is 10.4. The standard InChI is InChI=1S/C27H39N5O3.H2/c1-4-34-26(33)32-13-9-23(10-14-32)31-15-11-27(12-16-31)18-30(17-22-7-5-6-8-24(22)27)19-28-25-20(2)29-35-21(25)3;/h5-8,23,28H,4,9-19H2,1-3H3;1H. The first-order valence-electron chi connectivity index (χ1n) is 13.1. The van der Waals surface area contributed by atoms with Gasteiger partial charge >= 0.3 is 6.09 Å². The highest BCUT2D eigenvalue weighted by Crippen LogP contribution is 2.42. The third kappa shape index (κ3) is 4.91. The Morgan fingerprint density at radius 2 is 1.94 bits per heavy atom. The van der Waals surface area contributed by atoms with Crippen LogP contribution in [0, 0.1) is 13.8 Å². The van der Waals surface area contributed by atoms with Gasteiger partial charge in [0.25, 0.3) is 0 Å². The fraction of sp³-hybridized carbons (Fsp3) is 0.630. The van der Waals surface area contributed by atoms with Gasteiger partial charge in [0.2, 0.25) is 0 Å². The van der Waals surface area contributed by atoms with Crippen LogP contribution in [0.25, 0.3) is 0 Å². The minimum Gasteiger partial charge on any atom is -0.450 e. The summed E-state index contributed by atoms with van der Waals surface area (Å²) in [6.45, 7) is 12.9. The average Bonchev–Trinajstić information content (AvgIpc) is 3.20. The Morgan fingerprint density at radius 3 is 2.63 bits per heavy atom. The molecule has 1 aromatic carbocycles. The number of carbonyl (C=O) groups is 1. The minimum absolute atomic E-state index is 0. The molecule has 1 aromatic heterocycles. The first-order chi connectivity index (χ1) is 17.0. The van der Waals surface area contributed by atoms with Gasteiger partial charge in [-0.1, -0.05) is 29.4 Å². The van der Waals surface area contributed by atoms with Crippen LogP contribution in [-0.2, 0) is 16.7 Å². The molecule has 5 rings (SSSR count). The number of aryl methyl sites for hydroxylation is 2. The quantitative estimate of drug-likeness (QED) is 0.677. The van der Waals surface area contributed by atoms with E-state index in [-0.39, 0.29) is 12.9 Å². The summed E-state index contributed by atoms with van der Waals surface area (Å²) in [6.07, 6.45) is 4.26. The number of anilines is 1. The highest BCUT2D eigenvalue weighted by Gasteiger charge is 2.43. The van der Waals surface area contributed by atoms with Crippen molar-refractivity contribution in [3.8, 4) is 0 Å². The van der Waals surface area contributed by atoms with Gasteiger partial charge in [0.15, 0.2) is 5.76 Å². The van der Waals surface area contributed by atoms with E-state index in [2.05, 4.69) is 44.5 Å². The van der Waals surface area contributed by atoms with Gasteiger partial charge in [-0.2, -0.15) is 0 Å². The Labute approximate surface area is 210 Å². The Kier molecular flexibility index (Phi) is 7.02. The molecule has 1 spiro atoms. The zero-order chi connectivity index (χ0) is 24.4. The van der Waals surface area contributed by atoms with Crippen LogP contribution < -0.4 is 5.32 Å². The summed E-state index contributed by atoms with van der Waals surface area (Å²) in [5.41, 5.74) is 5.12. The highest BCUT2D eigenvalue weighted by molar-refractivity contribution is 5.67. The summed E-state index contributed by atoms with van der Waals surface area (Å²) in [5, 5.41) is 7.67. The van der Waals surface area contributed by atoms with Crippen LogP contribution in [0.3, 0.4) is 0 Å². The number of nitrogens with one attached hydrogen (secondary N) is 1. The molecule has 0 radical (unpaired) electrons. The lowest BCUT2D eigenvalue weighted by Crippen LogP contribution is -2.55. The fourth-order valence-electron chi connectivity index (χ4n) is 6.40. The molecule has 1 amide bonds. The molecule has 0 atom stereocenters. The summed E-state index contributed by atoms with van der Waals surface area (Å²) in [7, 11) is 0. The molecule has 3 aliphatic heterocycles. The number of hydrogen-bond donors (Lipinski definition) is 1. The molecule has 2 fully saturated rings. The van der Waals surface area contributed by atoms with Crippen LogP contribution in [0.5, 0.6) is 0 Å². The topological polar surface area (TPSA) is 74.1 Å². The Balaban J connectivity index is 0.00000304. The lowest BCUT2D eigenvalue weighted by atomic mass is 9.68. The first kappa shape index (κ1) is 24.1. The lowest BCUT2D eigenvalue weighted by molar-refractivity contribution is 0.0443. The molecular formula is C27H41N5O3. The van der Waals surface area contributed by atoms with Gasteiger partial charge in [0.05, 0.1) is 13.3 Å². The monoisotopic (exact) mass is 483 g/mol. The lowest BCUT2D eigenvalue weighted by Gasteiger charge is -2.50. The maximum atomic E-state index is 12.1. The van der Waals surface area contributed by atoms with Crippen molar-refractivity contribution in [2.75, 3.05) is 51.3 Å². The smallest absolute Gasteiger partial charge is 0.409 e. The number of piperidine rings is 2. The number of hydrogen-bond acceptors (Lipinski definition) is 7. The highest BCUT2D eigenvalue weighted by atomic mass is 16.6. The summed E-state index contributed by atoms with van der Waals surface area (Å²) in [4.78, 5) is 19.2. The molecule has 0 bridgehead atoms. The number of likely N-dealkylation sites (tertiary alicyclic amines) is 2. The number of benzene rings is 1. The van der Waals surface area contributed by atoms with Crippen molar-refractivity contribution in [1.82, 2.24) is 19.9 Å². The molecular weight excluding hydrogens is 442 g/mol. The van der Waals surface area contributed by atoms with E-state index < -0.39 is 0 Å². The summed E-state index contributed by atoms with van der Waals surface area (Å²) < 4.78 is 10.5. The minimum atomic E-state index is -0.160. The zero-order valence-electron chi connectivity index (χ0n) is 21.4. The van der Waals surface area contributed by atoms with E-state index in [1.807, 2.05) is 25.7 Å². The maximum absolute atomic E-state index is 12.1. The van der Waals surface area contributed by atoms with E-state index in [0.717, 1.165) is 75.9 Å². The zero-order valence-corrected chi connectivity index (χ0v) is 21.4. The van der Waals surface area contributed by atoms with E-state index >= 15 is 0 Å². The van der Waals surface area contributed by atoms with E-state index in [9.17, 15) is 4.79 Å². The summed E-state index contributed by atoms with van der Waals surface area (Å²) in [5.74, 6) is 0.844. The van der Waals surface area contributed by atoms with Gasteiger partial charge in [-0.15, -0.1) is 0 Å². The molecule has 8 nitrogen and oxygen atoms in total. The Bertz CT molecular complexity index is 1010. The van der Waals surface area contributed by atoms with Crippen molar-refractivity contribution >= 4 is 11.8 Å². The number of fused-ring (bicyclic) bond motifs is 2. The van der Waals surface area contributed by atoms with Crippen molar-refractivity contribution in [2.24, 2.45) is 0 Å². The summed E-state index contributed by atoms with van der Waals surface area (Å²) in [6, 6.07) is 9.60. The first-order valence-corrected chi connectivity index (χ1v) is 13.1. The van der Waals surface area contributed by atoms with Crippen molar-refractivity contribution in [3.05, 3.63) is 46.8 Å². The van der Waals surface area contributed by atoms with Crippen LogP contribution >= 0.6 is 0 Å². The van der Waals surface area contributed by atoms with Gasteiger partial charge in [-0.3, -0.25) is 4.90 Å². The predicted molar refractivity (Wildman–Crippen MR) is 138 cm³/mol. The number of rotatable bonds is 5. The van der Waals surface area contributed by atoms with Crippen LogP contribution in [0.4, 0.5) is 10.5 Å². The molecule has 0 aliphatic carbocycles. The Hall–Kier alpha value is -2.58. The molecule has 0 unspecified atom stereocenters. The van der Waals surface area contributed by atoms with Crippen molar-refractivity contribution < 1.29 is 15.5 Å². The SMILES string of the molecule is CCOC(=O)N1CCC(N2CCC3(CC2)CN(CNc2c(C)noc2C)Cc2ccccc23)CC1.[HH]. The number of aromatic nitrogens is 1. The molecule has 0 saturated carbocycles. The second kappa shape index (κ2) is 10.2. The molecule has 3 aliphatic rings. The Morgan fingerprint density at radius 1 is 1.20 bits per heavy atom. The van der Waals surface area contributed by atoms with Gasteiger partial charge < -0.3 is 24.4 Å². The van der Waals surface area contributed by atoms with Gasteiger partial charge in [-0.05, 0) is 70.7 Å². The van der Waals surface area contributed by atoms with E-state index in [1.165, 1.54) is 18.4 Å². The normalized spacial score (nSPS) is 21.2. The van der Waals surface area contributed by atoms with E-state index in [0.29, 0.717) is 12.6 Å². The van der Waals surface area contributed by atoms with Gasteiger partial charge in [0.1, 0.15) is 11.4 Å². The number of ether oxygens (including phenoxy) is 1. The molecule has 192 valence electrons. The fourth-order valence-corrected chi connectivity index (χ4v) is 6.40. The molecule has 2 aromatic rings. The van der Waals surface area contributed by atoms with Crippen LogP contribution in [-0.4, -0.2) is 78.0 Å². The van der Waals surface area contributed by atoms with E-state index in [1.54, 1.807) is 5.56 Å². The van der Waals surface area contributed by atoms with Crippen LogP contribution in [0.2, 0.25) is 0 Å². The third-order valence-electron chi connectivity index (χ3n) is 8.28. The largest absolute Gasteiger partial charge is 0.450 e. The van der Waals surface area contributed by atoms with Crippen LogP contribution in [0.15, 0.2) is 28.8 Å². The molecule has 1 N–H and O–H groups in total. The number of amides is 1. The molecule has 2 saturated heterocycles. The van der Waals surface area contributed by atoms with Gasteiger partial charge in [0, 0.05) is 39.1 Å². The van der Waals surface area contributed by atoms with E-state index in [4.69, 9.17) is 9.26 Å². The predicted octanol–water partition coefficient (Wildman–Crippen LogP) is 4.38. The molecule has 4 heterocycles. The average molecular weight is 484 g/mol.